The van der Waals surface area contributed by atoms with E-state index in [1.165, 1.54) is 17.0 Å². The molecule has 1 aliphatic rings. The average molecular weight is 892 g/mol. The number of esters is 4. The molecule has 63 heavy (non-hydrogen) atoms. The van der Waals surface area contributed by atoms with Gasteiger partial charge in [0.1, 0.15) is 29.1 Å². The summed E-state index contributed by atoms with van der Waals surface area (Å²) < 4.78 is 21.7. The summed E-state index contributed by atoms with van der Waals surface area (Å²) in [6.45, 7) is 20.0. The van der Waals surface area contributed by atoms with Crippen LogP contribution >= 0.6 is 0 Å². The van der Waals surface area contributed by atoms with Crippen molar-refractivity contribution in [2.45, 2.75) is 92.5 Å². The van der Waals surface area contributed by atoms with E-state index in [-0.39, 0.29) is 77.0 Å². The van der Waals surface area contributed by atoms with E-state index in [2.05, 4.69) is 10.6 Å². The molecule has 3 amide bonds. The molecular formula is C44H73N7O12. The maximum absolute atomic E-state index is 13.6. The van der Waals surface area contributed by atoms with Crippen LogP contribution in [0.3, 0.4) is 0 Å². The summed E-state index contributed by atoms with van der Waals surface area (Å²) in [5, 5.41) is 15.0. The van der Waals surface area contributed by atoms with Gasteiger partial charge in [-0.3, -0.25) is 53.2 Å². The molecule has 19 nitrogen and oxygen atoms in total. The minimum Gasteiger partial charge on any atom is -0.508 e. The van der Waals surface area contributed by atoms with Crippen molar-refractivity contribution in [1.82, 2.24) is 35.1 Å². The van der Waals surface area contributed by atoms with Crippen molar-refractivity contribution in [3.05, 3.63) is 29.8 Å². The zero-order valence-electron chi connectivity index (χ0n) is 39.2. The maximum atomic E-state index is 13.6. The van der Waals surface area contributed by atoms with E-state index >= 15 is 0 Å². The van der Waals surface area contributed by atoms with Gasteiger partial charge in [-0.15, -0.1) is 0 Å². The van der Waals surface area contributed by atoms with Crippen molar-refractivity contribution >= 4 is 41.6 Å². The number of aromatic hydroxyl groups is 1. The van der Waals surface area contributed by atoms with E-state index < -0.39 is 52.5 Å². The number of nitrogens with zero attached hydrogens (tertiary/aromatic N) is 5. The van der Waals surface area contributed by atoms with Crippen LogP contribution < -0.4 is 10.6 Å². The Morgan fingerprint density at radius 1 is 0.587 bits per heavy atom. The molecule has 356 valence electrons. The lowest BCUT2D eigenvalue weighted by atomic mass is 10.1. The van der Waals surface area contributed by atoms with Gasteiger partial charge in [-0.1, -0.05) is 12.1 Å². The van der Waals surface area contributed by atoms with Crippen molar-refractivity contribution in [2.24, 2.45) is 0 Å². The molecule has 1 saturated heterocycles. The van der Waals surface area contributed by atoms with Gasteiger partial charge in [0.05, 0.1) is 45.8 Å². The molecule has 0 unspecified atom stereocenters. The molecule has 3 N–H and O–H groups in total. The zero-order chi connectivity index (χ0) is 47.4. The van der Waals surface area contributed by atoms with Crippen molar-refractivity contribution < 1.29 is 57.6 Å². The fourth-order valence-corrected chi connectivity index (χ4v) is 6.27. The van der Waals surface area contributed by atoms with Gasteiger partial charge in [-0.05, 0) is 86.9 Å². The molecule has 1 aromatic carbocycles. The van der Waals surface area contributed by atoms with Gasteiger partial charge in [0, 0.05) is 65.4 Å². The Labute approximate surface area is 373 Å². The second kappa shape index (κ2) is 26.1. The van der Waals surface area contributed by atoms with Crippen molar-refractivity contribution in [2.75, 3.05) is 111 Å². The van der Waals surface area contributed by atoms with E-state index in [0.29, 0.717) is 57.9 Å². The Kier molecular flexibility index (Phi) is 22.5. The lowest BCUT2D eigenvalue weighted by molar-refractivity contribution is -0.158. The highest BCUT2D eigenvalue weighted by atomic mass is 16.6. The smallest absolute Gasteiger partial charge is 0.325 e. The number of phenols is 1. The number of ether oxygens (including phenoxy) is 4. The number of amides is 3. The van der Waals surface area contributed by atoms with Crippen LogP contribution in [0.15, 0.2) is 24.3 Å². The molecule has 0 spiro atoms. The summed E-state index contributed by atoms with van der Waals surface area (Å²) in [5.41, 5.74) is -1.48. The predicted molar refractivity (Wildman–Crippen MR) is 234 cm³/mol. The van der Waals surface area contributed by atoms with Crippen LogP contribution in [-0.4, -0.2) is 199 Å². The quantitative estimate of drug-likeness (QED) is 0.137. The first-order valence-corrected chi connectivity index (χ1v) is 21.6. The third-order valence-corrected chi connectivity index (χ3v) is 9.03. The highest BCUT2D eigenvalue weighted by molar-refractivity contribution is 5.88. The van der Waals surface area contributed by atoms with E-state index in [1.54, 1.807) is 81.4 Å². The number of carbonyl (C=O) groups is 7. The third kappa shape index (κ3) is 25.8. The lowest BCUT2D eigenvalue weighted by Gasteiger charge is -2.34. The Hall–Kier alpha value is -4.85. The monoisotopic (exact) mass is 892 g/mol. The van der Waals surface area contributed by atoms with Gasteiger partial charge in [0.25, 0.3) is 0 Å². The van der Waals surface area contributed by atoms with Gasteiger partial charge in [-0.2, -0.15) is 0 Å². The average Bonchev–Trinajstić information content (AvgIpc) is 3.13. The molecule has 0 aromatic heterocycles. The van der Waals surface area contributed by atoms with Gasteiger partial charge >= 0.3 is 23.9 Å². The van der Waals surface area contributed by atoms with E-state index in [0.717, 1.165) is 0 Å². The second-order valence-corrected chi connectivity index (χ2v) is 18.5. The SMILES string of the molecule is CCOC(=O)CNC(=O)CN(CCNC(=O)CN1CCN(CC(=O)OC(C)(C)C)CCN(CC(=O)OC(C)(C)C)CCN(CC(=O)OC(C)(C)C)CC1)C(=O)Cc1ccc(O)cc1. The molecule has 0 aliphatic carbocycles. The lowest BCUT2D eigenvalue weighted by Crippen LogP contribution is -2.51. The molecule has 1 aromatic rings. The number of carbonyl (C=O) groups excluding carboxylic acids is 7. The summed E-state index contributed by atoms with van der Waals surface area (Å²) in [7, 11) is 0. The highest BCUT2D eigenvalue weighted by Crippen LogP contribution is 2.13. The number of hydrogen-bond acceptors (Lipinski definition) is 16. The molecule has 0 radical (unpaired) electrons. The molecule has 0 bridgehead atoms. The Balaban J connectivity index is 2.27. The highest BCUT2D eigenvalue weighted by Gasteiger charge is 2.26. The molecule has 0 saturated carbocycles. The largest absolute Gasteiger partial charge is 0.508 e. The molecule has 19 heteroatoms. The van der Waals surface area contributed by atoms with Gasteiger partial charge in [-0.25, -0.2) is 0 Å². The van der Waals surface area contributed by atoms with Crippen LogP contribution in [0.1, 0.15) is 74.8 Å². The third-order valence-electron chi connectivity index (χ3n) is 9.03. The first kappa shape index (κ1) is 54.3. The van der Waals surface area contributed by atoms with Crippen LogP contribution in [0.25, 0.3) is 0 Å². The summed E-state index contributed by atoms with van der Waals surface area (Å²) >= 11 is 0. The van der Waals surface area contributed by atoms with Gasteiger partial charge in [0.2, 0.25) is 17.7 Å². The summed E-state index contributed by atoms with van der Waals surface area (Å²) in [6.07, 6.45) is -0.0779. The standard InChI is InChI=1S/C44H73N7O12/c1-11-60-38(56)27-46-36(54)29-51(37(55)26-33-12-14-34(52)15-13-33)17-16-45-35(53)28-47-18-20-48(30-39(57)61-42(2,3)4)22-24-50(32-41(59)63-44(8,9)10)25-23-49(21-19-47)31-40(58)62-43(5,6)7/h12-15,52H,11,16-32H2,1-10H3,(H,45,53)(H,46,54). The van der Waals surface area contributed by atoms with Crippen molar-refractivity contribution in [1.29, 1.82) is 0 Å². The summed E-state index contributed by atoms with van der Waals surface area (Å²) in [4.78, 5) is 99.7. The summed E-state index contributed by atoms with van der Waals surface area (Å²) in [5.74, 6) is -3.18. The van der Waals surface area contributed by atoms with Gasteiger partial charge < -0.3 is 39.6 Å². The second-order valence-electron chi connectivity index (χ2n) is 18.5. The van der Waals surface area contributed by atoms with Crippen LogP contribution in [-0.2, 0) is 58.9 Å². The fourth-order valence-electron chi connectivity index (χ4n) is 6.27. The van der Waals surface area contributed by atoms with Crippen LogP contribution in [0.2, 0.25) is 0 Å². The van der Waals surface area contributed by atoms with E-state index in [9.17, 15) is 38.7 Å². The molecule has 0 atom stereocenters. The van der Waals surface area contributed by atoms with Crippen molar-refractivity contribution in [3.8, 4) is 5.75 Å². The molecule has 1 fully saturated rings. The maximum Gasteiger partial charge on any atom is 0.325 e. The Morgan fingerprint density at radius 2 is 0.984 bits per heavy atom. The number of nitrogens with one attached hydrogen (secondary N) is 2. The molecular weight excluding hydrogens is 819 g/mol. The predicted octanol–water partition coefficient (Wildman–Crippen LogP) is 0.806. The van der Waals surface area contributed by atoms with Gasteiger partial charge in [0.15, 0.2) is 0 Å². The van der Waals surface area contributed by atoms with Crippen LogP contribution in [0.5, 0.6) is 5.75 Å². The first-order valence-electron chi connectivity index (χ1n) is 21.6. The first-order chi connectivity index (χ1) is 29.3. The minimum absolute atomic E-state index is 0.00215. The minimum atomic E-state index is -0.702. The Morgan fingerprint density at radius 3 is 1.37 bits per heavy atom. The molecule has 1 aliphatic heterocycles. The summed E-state index contributed by atoms with van der Waals surface area (Å²) in [6, 6.07) is 6.08. The zero-order valence-corrected chi connectivity index (χ0v) is 39.2. The van der Waals surface area contributed by atoms with E-state index in [4.69, 9.17) is 18.9 Å². The van der Waals surface area contributed by atoms with Crippen LogP contribution in [0, 0.1) is 0 Å². The number of rotatable bonds is 18. The Bertz CT molecular complexity index is 1610. The normalized spacial score (nSPS) is 15.5. The number of hydrogen-bond donors (Lipinski definition) is 3. The van der Waals surface area contributed by atoms with E-state index in [1.807, 2.05) is 19.6 Å². The van der Waals surface area contributed by atoms with Crippen LogP contribution in [0.4, 0.5) is 0 Å². The molecule has 2 rings (SSSR count). The molecule has 1 heterocycles. The number of benzene rings is 1. The topological polar surface area (TPSA) is 217 Å². The van der Waals surface area contributed by atoms with Crippen molar-refractivity contribution in [3.63, 3.8) is 0 Å². The fraction of sp³-hybridized carbons (Fsp3) is 0.705. The number of phenolic OH excluding ortho intramolecular Hbond substituents is 1.